The van der Waals surface area contributed by atoms with E-state index in [9.17, 15) is 13.2 Å². The van der Waals surface area contributed by atoms with Crippen molar-refractivity contribution in [2.45, 2.75) is 24.3 Å². The average molecular weight is 465 g/mol. The van der Waals surface area contributed by atoms with Crippen molar-refractivity contribution in [1.82, 2.24) is 5.32 Å². The predicted octanol–water partition coefficient (Wildman–Crippen LogP) is 3.70. The summed E-state index contributed by atoms with van der Waals surface area (Å²) in [4.78, 5) is 13.0. The minimum atomic E-state index is -3.78. The minimum absolute atomic E-state index is 0.0961. The highest BCUT2D eigenvalue weighted by molar-refractivity contribution is 7.92. The van der Waals surface area contributed by atoms with E-state index >= 15 is 0 Å². The molecule has 0 saturated carbocycles. The van der Waals surface area contributed by atoms with Crippen molar-refractivity contribution in [3.63, 3.8) is 0 Å². The van der Waals surface area contributed by atoms with Crippen LogP contribution in [-0.2, 0) is 16.4 Å². The zero-order chi connectivity index (χ0) is 23.0. The van der Waals surface area contributed by atoms with Crippen molar-refractivity contribution < 1.29 is 22.7 Å². The van der Waals surface area contributed by atoms with Crippen LogP contribution in [0.4, 0.5) is 5.69 Å². The standard InChI is InChI=1S/C25H24N2O5S/c1-17(19-9-10-23-24(16-19)32-14-13-31-23)26-25(28)20-6-4-7-21(15-20)33(29,30)27-12-11-18-5-2-3-8-22(18)27/h2-10,15-17H,11-14H2,1H3,(H,26,28)/t17-/m0/s1. The molecule has 0 unspecified atom stereocenters. The second kappa shape index (κ2) is 8.44. The van der Waals surface area contributed by atoms with Gasteiger partial charge in [0, 0.05) is 12.1 Å². The third-order valence-corrected chi connectivity index (χ3v) is 7.75. The molecule has 33 heavy (non-hydrogen) atoms. The zero-order valence-electron chi connectivity index (χ0n) is 18.2. The van der Waals surface area contributed by atoms with Crippen LogP contribution < -0.4 is 19.1 Å². The number of benzene rings is 3. The Kier molecular flexibility index (Phi) is 5.46. The van der Waals surface area contributed by atoms with Gasteiger partial charge in [0.1, 0.15) is 13.2 Å². The highest BCUT2D eigenvalue weighted by Crippen LogP contribution is 2.34. The van der Waals surface area contributed by atoms with Gasteiger partial charge in [0.25, 0.3) is 15.9 Å². The summed E-state index contributed by atoms with van der Waals surface area (Å²) in [6.07, 6.45) is 0.669. The molecule has 0 spiro atoms. The van der Waals surface area contributed by atoms with E-state index < -0.39 is 10.0 Å². The first-order chi connectivity index (χ1) is 15.9. The van der Waals surface area contributed by atoms with E-state index in [0.717, 1.165) is 11.1 Å². The van der Waals surface area contributed by atoms with Crippen LogP contribution in [-0.4, -0.2) is 34.1 Å². The summed E-state index contributed by atoms with van der Waals surface area (Å²) in [7, 11) is -3.78. The Morgan fingerprint density at radius 1 is 0.970 bits per heavy atom. The van der Waals surface area contributed by atoms with E-state index in [1.165, 1.54) is 16.4 Å². The van der Waals surface area contributed by atoms with Crippen molar-refractivity contribution in [1.29, 1.82) is 0 Å². The molecule has 170 valence electrons. The molecule has 1 atom stereocenters. The molecule has 8 heteroatoms. The van der Waals surface area contributed by atoms with Crippen LogP contribution in [0, 0.1) is 0 Å². The molecule has 0 saturated heterocycles. The van der Waals surface area contributed by atoms with Crippen LogP contribution >= 0.6 is 0 Å². The van der Waals surface area contributed by atoms with Crippen molar-refractivity contribution in [2.75, 3.05) is 24.1 Å². The lowest BCUT2D eigenvalue weighted by molar-refractivity contribution is 0.0939. The Morgan fingerprint density at radius 3 is 2.61 bits per heavy atom. The van der Waals surface area contributed by atoms with Crippen LogP contribution in [0.3, 0.4) is 0 Å². The Labute approximate surface area is 193 Å². The smallest absolute Gasteiger partial charge is 0.264 e. The molecular weight excluding hydrogens is 440 g/mol. The molecule has 5 rings (SSSR count). The van der Waals surface area contributed by atoms with E-state index in [2.05, 4.69) is 5.32 Å². The molecule has 3 aromatic rings. The average Bonchev–Trinajstić information content (AvgIpc) is 3.29. The van der Waals surface area contributed by atoms with Crippen LogP contribution in [0.5, 0.6) is 11.5 Å². The second-order valence-electron chi connectivity index (χ2n) is 8.08. The molecule has 0 bridgehead atoms. The Morgan fingerprint density at radius 2 is 1.76 bits per heavy atom. The molecule has 0 aromatic heterocycles. The summed E-state index contributed by atoms with van der Waals surface area (Å²) < 4.78 is 39.2. The Hall–Kier alpha value is -3.52. The van der Waals surface area contributed by atoms with Crippen LogP contribution in [0.15, 0.2) is 71.6 Å². The number of para-hydroxylation sites is 1. The van der Waals surface area contributed by atoms with Gasteiger partial charge >= 0.3 is 0 Å². The number of ether oxygens (including phenoxy) is 2. The highest BCUT2D eigenvalue weighted by atomic mass is 32.2. The number of carbonyl (C=O) groups excluding carboxylic acids is 1. The van der Waals surface area contributed by atoms with E-state index in [-0.39, 0.29) is 22.4 Å². The van der Waals surface area contributed by atoms with Gasteiger partial charge in [-0.25, -0.2) is 8.42 Å². The van der Waals surface area contributed by atoms with Gasteiger partial charge in [-0.1, -0.05) is 30.3 Å². The largest absolute Gasteiger partial charge is 0.486 e. The molecule has 1 N–H and O–H groups in total. The number of rotatable bonds is 5. The summed E-state index contributed by atoms with van der Waals surface area (Å²) in [6, 6.07) is 18.9. The molecule has 7 nitrogen and oxygen atoms in total. The second-order valence-corrected chi connectivity index (χ2v) is 9.94. The maximum absolute atomic E-state index is 13.3. The third-order valence-electron chi connectivity index (χ3n) is 5.94. The summed E-state index contributed by atoms with van der Waals surface area (Å²) in [5.41, 5.74) is 2.85. The first-order valence-corrected chi connectivity index (χ1v) is 12.3. The number of carbonyl (C=O) groups is 1. The monoisotopic (exact) mass is 464 g/mol. The fraction of sp³-hybridized carbons (Fsp3) is 0.240. The fourth-order valence-corrected chi connectivity index (χ4v) is 5.72. The number of nitrogens with one attached hydrogen (secondary N) is 1. The first kappa shape index (κ1) is 21.3. The van der Waals surface area contributed by atoms with Crippen molar-refractivity contribution in [2.24, 2.45) is 0 Å². The number of hydrogen-bond acceptors (Lipinski definition) is 5. The number of fused-ring (bicyclic) bond motifs is 2. The van der Waals surface area contributed by atoms with Gasteiger partial charge < -0.3 is 14.8 Å². The molecule has 3 aromatic carbocycles. The quantitative estimate of drug-likeness (QED) is 0.622. The van der Waals surface area contributed by atoms with E-state index in [0.29, 0.717) is 43.4 Å². The SMILES string of the molecule is C[C@H](NC(=O)c1cccc(S(=O)(=O)N2CCc3ccccc32)c1)c1ccc2c(c1)OCCO2. The summed E-state index contributed by atoms with van der Waals surface area (Å²) in [6.45, 7) is 3.26. The number of anilines is 1. The van der Waals surface area contributed by atoms with Gasteiger partial charge in [-0.05, 0) is 60.9 Å². The maximum Gasteiger partial charge on any atom is 0.264 e. The van der Waals surface area contributed by atoms with Crippen molar-refractivity contribution >= 4 is 21.6 Å². The van der Waals surface area contributed by atoms with E-state index in [1.54, 1.807) is 12.1 Å². The zero-order valence-corrected chi connectivity index (χ0v) is 19.0. The van der Waals surface area contributed by atoms with Crippen LogP contribution in [0.2, 0.25) is 0 Å². The minimum Gasteiger partial charge on any atom is -0.486 e. The molecule has 2 aliphatic heterocycles. The van der Waals surface area contributed by atoms with Gasteiger partial charge in [-0.15, -0.1) is 0 Å². The summed E-state index contributed by atoms with van der Waals surface area (Å²) in [5.74, 6) is 0.986. The molecule has 1 amide bonds. The van der Waals surface area contributed by atoms with E-state index in [1.807, 2.05) is 49.4 Å². The molecule has 0 radical (unpaired) electrons. The van der Waals surface area contributed by atoms with E-state index in [4.69, 9.17) is 9.47 Å². The van der Waals surface area contributed by atoms with Gasteiger partial charge in [0.15, 0.2) is 11.5 Å². The summed E-state index contributed by atoms with van der Waals surface area (Å²) >= 11 is 0. The number of hydrogen-bond donors (Lipinski definition) is 1. The molecule has 2 heterocycles. The van der Waals surface area contributed by atoms with Gasteiger partial charge in [0.05, 0.1) is 16.6 Å². The lowest BCUT2D eigenvalue weighted by atomic mass is 10.1. The number of nitrogens with zero attached hydrogens (tertiary/aromatic N) is 1. The summed E-state index contributed by atoms with van der Waals surface area (Å²) in [5, 5.41) is 2.94. The lowest BCUT2D eigenvalue weighted by Crippen LogP contribution is -2.30. The van der Waals surface area contributed by atoms with Crippen molar-refractivity contribution in [3.05, 3.63) is 83.4 Å². The van der Waals surface area contributed by atoms with Gasteiger partial charge in [0.2, 0.25) is 0 Å². The van der Waals surface area contributed by atoms with Crippen LogP contribution in [0.25, 0.3) is 0 Å². The third kappa shape index (κ3) is 4.02. The van der Waals surface area contributed by atoms with Gasteiger partial charge in [-0.3, -0.25) is 9.10 Å². The Bertz CT molecular complexity index is 1320. The Balaban J connectivity index is 1.35. The number of sulfonamides is 1. The van der Waals surface area contributed by atoms with Gasteiger partial charge in [-0.2, -0.15) is 0 Å². The molecular formula is C25H24N2O5S. The fourth-order valence-electron chi connectivity index (χ4n) is 4.18. The first-order valence-electron chi connectivity index (χ1n) is 10.8. The molecule has 2 aliphatic rings. The lowest BCUT2D eigenvalue weighted by Gasteiger charge is -2.21. The predicted molar refractivity (Wildman–Crippen MR) is 124 cm³/mol. The maximum atomic E-state index is 13.3. The normalized spacial score (nSPS) is 15.6. The molecule has 0 fully saturated rings. The topological polar surface area (TPSA) is 84.9 Å². The number of amides is 1. The van der Waals surface area contributed by atoms with Crippen LogP contribution in [0.1, 0.15) is 34.5 Å². The highest BCUT2D eigenvalue weighted by Gasteiger charge is 2.31. The van der Waals surface area contributed by atoms with Crippen molar-refractivity contribution in [3.8, 4) is 11.5 Å². The molecule has 0 aliphatic carbocycles.